The highest BCUT2D eigenvalue weighted by atomic mass is 32.1. The molecule has 2 aromatic rings. The number of Topliss-reactive ketones (excluding diaryl/α,β-unsaturated/α-hetero) is 1. The van der Waals surface area contributed by atoms with Crippen molar-refractivity contribution < 1.29 is 19.0 Å². The van der Waals surface area contributed by atoms with E-state index in [1.807, 2.05) is 11.4 Å². The van der Waals surface area contributed by atoms with Crippen LogP contribution in [0, 0.1) is 0 Å². The summed E-state index contributed by atoms with van der Waals surface area (Å²) in [5.74, 6) is 1.74. The number of carbonyl (C=O) groups is 1. The number of ether oxygens (including phenoxy) is 3. The molecule has 0 aliphatic heterocycles. The molecule has 1 aromatic carbocycles. The van der Waals surface area contributed by atoms with Gasteiger partial charge in [0.1, 0.15) is 17.2 Å². The zero-order valence-corrected chi connectivity index (χ0v) is 11.5. The van der Waals surface area contributed by atoms with Gasteiger partial charge in [-0.25, -0.2) is 0 Å². The molecule has 0 fully saturated rings. The van der Waals surface area contributed by atoms with Crippen molar-refractivity contribution in [2.45, 2.75) is 0 Å². The molecule has 100 valence electrons. The Morgan fingerprint density at radius 3 is 2.26 bits per heavy atom. The Labute approximate surface area is 115 Å². The minimum absolute atomic E-state index is 0.00314. The van der Waals surface area contributed by atoms with Crippen LogP contribution in [0.4, 0.5) is 0 Å². The molecule has 0 unspecified atom stereocenters. The van der Waals surface area contributed by atoms with E-state index < -0.39 is 0 Å². The average Bonchev–Trinajstić information content (AvgIpc) is 2.98. The van der Waals surface area contributed by atoms with Crippen LogP contribution < -0.4 is 14.2 Å². The Balaban J connectivity index is 2.04. The van der Waals surface area contributed by atoms with Gasteiger partial charge in [0.15, 0.2) is 6.61 Å². The van der Waals surface area contributed by atoms with Gasteiger partial charge in [0.05, 0.1) is 19.1 Å². The minimum atomic E-state index is -0.0446. The highest BCUT2D eigenvalue weighted by Crippen LogP contribution is 2.27. The Kier molecular flexibility index (Phi) is 4.41. The molecule has 0 spiro atoms. The molecule has 2 rings (SSSR count). The van der Waals surface area contributed by atoms with Crippen molar-refractivity contribution in [1.29, 1.82) is 0 Å². The Bertz CT molecular complexity index is 526. The van der Waals surface area contributed by atoms with Crippen LogP contribution in [0.5, 0.6) is 17.2 Å². The van der Waals surface area contributed by atoms with Gasteiger partial charge in [0.25, 0.3) is 0 Å². The summed E-state index contributed by atoms with van der Waals surface area (Å²) < 4.78 is 15.7. The fourth-order valence-electron chi connectivity index (χ4n) is 1.52. The zero-order valence-electron chi connectivity index (χ0n) is 10.7. The third-order valence-electron chi connectivity index (χ3n) is 2.49. The van der Waals surface area contributed by atoms with Gasteiger partial charge in [-0.1, -0.05) is 6.07 Å². The second-order valence-electron chi connectivity index (χ2n) is 3.74. The number of hydrogen-bond donors (Lipinski definition) is 0. The molecule has 5 heteroatoms. The van der Waals surface area contributed by atoms with Crippen LogP contribution in [0.3, 0.4) is 0 Å². The fourth-order valence-corrected chi connectivity index (χ4v) is 2.17. The maximum Gasteiger partial charge on any atom is 0.210 e. The van der Waals surface area contributed by atoms with Gasteiger partial charge in [-0.3, -0.25) is 4.79 Å². The van der Waals surface area contributed by atoms with E-state index in [4.69, 9.17) is 14.2 Å². The summed E-state index contributed by atoms with van der Waals surface area (Å²) in [5, 5.41) is 1.86. The highest BCUT2D eigenvalue weighted by molar-refractivity contribution is 7.12. The van der Waals surface area contributed by atoms with Crippen LogP contribution in [0.2, 0.25) is 0 Å². The number of rotatable bonds is 6. The molecule has 0 aliphatic rings. The molecule has 0 saturated carbocycles. The van der Waals surface area contributed by atoms with Gasteiger partial charge in [-0.2, -0.15) is 0 Å². The van der Waals surface area contributed by atoms with Crippen molar-refractivity contribution in [3.8, 4) is 17.2 Å². The van der Waals surface area contributed by atoms with Crippen LogP contribution in [-0.2, 0) is 0 Å². The molecule has 0 aliphatic carbocycles. The summed E-state index contributed by atoms with van der Waals surface area (Å²) >= 11 is 1.40. The molecular weight excluding hydrogens is 264 g/mol. The maximum absolute atomic E-state index is 11.8. The minimum Gasteiger partial charge on any atom is -0.496 e. The highest BCUT2D eigenvalue weighted by Gasteiger charge is 2.09. The lowest BCUT2D eigenvalue weighted by molar-refractivity contribution is 0.0925. The quantitative estimate of drug-likeness (QED) is 0.762. The normalized spacial score (nSPS) is 10.0. The van der Waals surface area contributed by atoms with Crippen molar-refractivity contribution in [2.75, 3.05) is 20.8 Å². The third kappa shape index (κ3) is 3.48. The van der Waals surface area contributed by atoms with Crippen molar-refractivity contribution in [1.82, 2.24) is 0 Å². The van der Waals surface area contributed by atoms with Gasteiger partial charge in [-0.05, 0) is 11.4 Å². The van der Waals surface area contributed by atoms with E-state index >= 15 is 0 Å². The number of hydrogen-bond acceptors (Lipinski definition) is 5. The summed E-state index contributed by atoms with van der Waals surface area (Å²) in [6.45, 7) is -0.00314. The molecular formula is C14H14O4S. The SMILES string of the molecule is COc1cc(OC)cc(OCC(=O)c2cccs2)c1. The van der Waals surface area contributed by atoms with Gasteiger partial charge < -0.3 is 14.2 Å². The first kappa shape index (κ1) is 13.4. The fraction of sp³-hybridized carbons (Fsp3) is 0.214. The van der Waals surface area contributed by atoms with Crippen LogP contribution in [0.15, 0.2) is 35.7 Å². The van der Waals surface area contributed by atoms with Crippen LogP contribution in [-0.4, -0.2) is 26.6 Å². The van der Waals surface area contributed by atoms with E-state index in [2.05, 4.69) is 0 Å². The largest absolute Gasteiger partial charge is 0.496 e. The van der Waals surface area contributed by atoms with E-state index in [9.17, 15) is 4.79 Å². The first-order chi connectivity index (χ1) is 9.22. The lowest BCUT2D eigenvalue weighted by atomic mass is 10.3. The molecule has 1 aromatic heterocycles. The van der Waals surface area contributed by atoms with Crippen molar-refractivity contribution in [3.63, 3.8) is 0 Å². The summed E-state index contributed by atoms with van der Waals surface area (Å²) in [4.78, 5) is 12.5. The lowest BCUT2D eigenvalue weighted by Crippen LogP contribution is -2.10. The second kappa shape index (κ2) is 6.24. The molecule has 0 atom stereocenters. The van der Waals surface area contributed by atoms with Crippen LogP contribution in [0.1, 0.15) is 9.67 Å². The lowest BCUT2D eigenvalue weighted by Gasteiger charge is -2.09. The van der Waals surface area contributed by atoms with Gasteiger partial charge >= 0.3 is 0 Å². The van der Waals surface area contributed by atoms with E-state index in [0.29, 0.717) is 22.1 Å². The van der Waals surface area contributed by atoms with Crippen LogP contribution in [0.25, 0.3) is 0 Å². The number of carbonyl (C=O) groups excluding carboxylic acids is 1. The van der Waals surface area contributed by atoms with Crippen molar-refractivity contribution in [3.05, 3.63) is 40.6 Å². The Morgan fingerprint density at radius 1 is 1.11 bits per heavy atom. The summed E-state index contributed by atoms with van der Waals surface area (Å²) in [6.07, 6.45) is 0. The first-order valence-electron chi connectivity index (χ1n) is 5.65. The van der Waals surface area contributed by atoms with E-state index in [1.165, 1.54) is 11.3 Å². The van der Waals surface area contributed by atoms with E-state index in [-0.39, 0.29) is 12.4 Å². The molecule has 0 radical (unpaired) electrons. The maximum atomic E-state index is 11.8. The summed E-state index contributed by atoms with van der Waals surface area (Å²) in [5.41, 5.74) is 0. The van der Waals surface area contributed by atoms with Gasteiger partial charge in [0, 0.05) is 18.2 Å². The topological polar surface area (TPSA) is 44.8 Å². The van der Waals surface area contributed by atoms with Crippen LogP contribution >= 0.6 is 11.3 Å². The van der Waals surface area contributed by atoms with E-state index in [1.54, 1.807) is 38.5 Å². The van der Waals surface area contributed by atoms with Gasteiger partial charge in [-0.15, -0.1) is 11.3 Å². The monoisotopic (exact) mass is 278 g/mol. The predicted octanol–water partition coefficient (Wildman–Crippen LogP) is 3.03. The zero-order chi connectivity index (χ0) is 13.7. The number of benzene rings is 1. The summed E-state index contributed by atoms with van der Waals surface area (Å²) in [6, 6.07) is 8.79. The smallest absolute Gasteiger partial charge is 0.210 e. The van der Waals surface area contributed by atoms with E-state index in [0.717, 1.165) is 0 Å². The van der Waals surface area contributed by atoms with Gasteiger partial charge in [0.2, 0.25) is 5.78 Å². The first-order valence-corrected chi connectivity index (χ1v) is 6.53. The molecule has 0 N–H and O–H groups in total. The molecule has 0 saturated heterocycles. The Hall–Kier alpha value is -2.01. The Morgan fingerprint density at radius 2 is 1.74 bits per heavy atom. The number of thiophene rings is 1. The summed E-state index contributed by atoms with van der Waals surface area (Å²) in [7, 11) is 3.13. The molecule has 0 amide bonds. The molecule has 1 heterocycles. The third-order valence-corrected chi connectivity index (χ3v) is 3.40. The van der Waals surface area contributed by atoms with Crippen molar-refractivity contribution in [2.24, 2.45) is 0 Å². The molecule has 4 nitrogen and oxygen atoms in total. The van der Waals surface area contributed by atoms with Crippen molar-refractivity contribution >= 4 is 17.1 Å². The number of ketones is 1. The predicted molar refractivity (Wildman–Crippen MR) is 73.7 cm³/mol. The number of methoxy groups -OCH3 is 2. The standard InChI is InChI=1S/C14H14O4S/c1-16-10-6-11(17-2)8-12(7-10)18-9-13(15)14-4-3-5-19-14/h3-8H,9H2,1-2H3. The molecule has 19 heavy (non-hydrogen) atoms. The second-order valence-corrected chi connectivity index (χ2v) is 4.69. The average molecular weight is 278 g/mol. The molecule has 0 bridgehead atoms.